The minimum atomic E-state index is 0.0833. The Morgan fingerprint density at radius 3 is 2.88 bits per heavy atom. The first-order valence-electron chi connectivity index (χ1n) is 2.59. The monoisotopic (exact) mass is 134 g/mol. The van der Waals surface area contributed by atoms with Crippen LogP contribution in [0.2, 0.25) is 0 Å². The summed E-state index contributed by atoms with van der Waals surface area (Å²) in [6.07, 6.45) is 0.0833. The Labute approximate surface area is 52.8 Å². The fraction of sp³-hybridized carbons (Fsp3) is 1.00. The highest BCUT2D eigenvalue weighted by molar-refractivity contribution is 8.00. The Morgan fingerprint density at radius 1 is 1.88 bits per heavy atom. The van der Waals surface area contributed by atoms with E-state index in [1.165, 1.54) is 0 Å². The van der Waals surface area contributed by atoms with E-state index in [0.717, 1.165) is 5.88 Å². The summed E-state index contributed by atoms with van der Waals surface area (Å²) in [5.41, 5.74) is 2.18. The van der Waals surface area contributed by atoms with Gasteiger partial charge in [0.1, 0.15) is 0 Å². The lowest BCUT2D eigenvalue weighted by Crippen LogP contribution is -2.40. The van der Waals surface area contributed by atoms with Gasteiger partial charge >= 0.3 is 0 Å². The molecule has 0 aliphatic carbocycles. The van der Waals surface area contributed by atoms with E-state index in [-0.39, 0.29) is 6.17 Å². The summed E-state index contributed by atoms with van der Waals surface area (Å²) < 4.78 is 0. The second-order valence-corrected chi connectivity index (χ2v) is 3.19. The number of nitrogens with one attached hydrogen (secondary N) is 2. The third-order valence-corrected chi connectivity index (χ3v) is 2.39. The average Bonchev–Trinajstić information content (AvgIpc) is 2.14. The van der Waals surface area contributed by atoms with Crippen molar-refractivity contribution in [3.05, 3.63) is 0 Å². The lowest BCUT2D eigenvalue weighted by Gasteiger charge is -2.10. The van der Waals surface area contributed by atoms with Crippen molar-refractivity contribution in [2.75, 3.05) is 5.88 Å². The highest BCUT2D eigenvalue weighted by Gasteiger charge is 2.21. The van der Waals surface area contributed by atoms with Gasteiger partial charge in [-0.2, -0.15) is 5.48 Å². The molecule has 8 heavy (non-hydrogen) atoms. The van der Waals surface area contributed by atoms with Crippen LogP contribution < -0.4 is 10.8 Å². The molecule has 1 saturated heterocycles. The van der Waals surface area contributed by atoms with E-state index in [0.29, 0.717) is 5.25 Å². The van der Waals surface area contributed by atoms with Crippen molar-refractivity contribution in [2.45, 2.75) is 18.3 Å². The molecule has 0 aromatic carbocycles. The molecule has 0 aromatic heterocycles. The van der Waals surface area contributed by atoms with Crippen LogP contribution in [0.3, 0.4) is 0 Å². The van der Waals surface area contributed by atoms with Gasteiger partial charge in [0.15, 0.2) is 0 Å². The molecule has 1 heterocycles. The minimum Gasteiger partial charge on any atom is -0.315 e. The molecule has 3 nitrogen and oxygen atoms in total. The fourth-order valence-electron chi connectivity index (χ4n) is 0.682. The highest BCUT2D eigenvalue weighted by Crippen LogP contribution is 2.17. The molecule has 1 fully saturated rings. The van der Waals surface area contributed by atoms with Gasteiger partial charge in [0, 0.05) is 11.1 Å². The zero-order valence-corrected chi connectivity index (χ0v) is 5.53. The number of hydrogen-bond acceptors (Lipinski definition) is 4. The molecule has 1 aliphatic heterocycles. The van der Waals surface area contributed by atoms with Gasteiger partial charge < -0.3 is 5.21 Å². The molecule has 48 valence electrons. The van der Waals surface area contributed by atoms with Crippen LogP contribution >= 0.6 is 11.8 Å². The lowest BCUT2D eigenvalue weighted by molar-refractivity contribution is 0.117. The maximum Gasteiger partial charge on any atom is 0.0934 e. The maximum absolute atomic E-state index is 8.41. The van der Waals surface area contributed by atoms with Gasteiger partial charge in [-0.1, -0.05) is 6.92 Å². The number of hydroxylamine groups is 1. The Balaban J connectivity index is 2.30. The Hall–Kier alpha value is 0.230. The topological polar surface area (TPSA) is 44.3 Å². The van der Waals surface area contributed by atoms with Crippen molar-refractivity contribution in [2.24, 2.45) is 0 Å². The van der Waals surface area contributed by atoms with E-state index < -0.39 is 0 Å². The first-order chi connectivity index (χ1) is 3.84. The molecule has 3 N–H and O–H groups in total. The van der Waals surface area contributed by atoms with Gasteiger partial charge in [-0.05, 0) is 0 Å². The van der Waals surface area contributed by atoms with Crippen molar-refractivity contribution < 1.29 is 5.21 Å². The minimum absolute atomic E-state index is 0.0833. The average molecular weight is 134 g/mol. The first kappa shape index (κ1) is 6.35. The van der Waals surface area contributed by atoms with Crippen molar-refractivity contribution in [1.29, 1.82) is 0 Å². The van der Waals surface area contributed by atoms with E-state index in [2.05, 4.69) is 17.7 Å². The molecule has 0 aromatic rings. The summed E-state index contributed by atoms with van der Waals surface area (Å²) in [6.45, 7) is 2.07. The molecule has 0 spiro atoms. The van der Waals surface area contributed by atoms with Gasteiger partial charge in [0.05, 0.1) is 6.17 Å². The summed E-state index contributed by atoms with van der Waals surface area (Å²) in [5, 5.41) is 11.9. The third kappa shape index (κ3) is 1.14. The predicted molar refractivity (Wildman–Crippen MR) is 33.8 cm³/mol. The zero-order valence-electron chi connectivity index (χ0n) is 4.72. The zero-order chi connectivity index (χ0) is 5.98. The van der Waals surface area contributed by atoms with Gasteiger partial charge in [-0.3, -0.25) is 5.32 Å². The van der Waals surface area contributed by atoms with Crippen LogP contribution in [-0.4, -0.2) is 22.5 Å². The van der Waals surface area contributed by atoms with Crippen molar-refractivity contribution in [1.82, 2.24) is 10.8 Å². The summed E-state index contributed by atoms with van der Waals surface area (Å²) in [7, 11) is 0. The van der Waals surface area contributed by atoms with Gasteiger partial charge in [-0.15, -0.1) is 11.8 Å². The van der Waals surface area contributed by atoms with E-state index in [1.54, 1.807) is 11.8 Å². The molecule has 1 rings (SSSR count). The predicted octanol–water partition coefficient (Wildman–Crippen LogP) is -0.0263. The standard InChI is InChI=1S/C4H10N2OS/c1-3-4(6-7)5-2-8-3/h3-7H,2H2,1H3. The van der Waals surface area contributed by atoms with Crippen molar-refractivity contribution in [3.8, 4) is 0 Å². The smallest absolute Gasteiger partial charge is 0.0934 e. The molecular formula is C4H10N2OS. The normalized spacial score (nSPS) is 38.2. The molecule has 2 unspecified atom stereocenters. The van der Waals surface area contributed by atoms with Crippen LogP contribution in [0.1, 0.15) is 6.92 Å². The van der Waals surface area contributed by atoms with Crippen molar-refractivity contribution in [3.63, 3.8) is 0 Å². The number of rotatable bonds is 1. The third-order valence-electron chi connectivity index (χ3n) is 1.26. The van der Waals surface area contributed by atoms with Crippen LogP contribution in [-0.2, 0) is 0 Å². The van der Waals surface area contributed by atoms with Crippen molar-refractivity contribution >= 4 is 11.8 Å². The largest absolute Gasteiger partial charge is 0.315 e. The Morgan fingerprint density at radius 2 is 2.62 bits per heavy atom. The molecule has 4 heteroatoms. The first-order valence-corrected chi connectivity index (χ1v) is 3.64. The molecular weight excluding hydrogens is 124 g/mol. The van der Waals surface area contributed by atoms with Crippen LogP contribution in [0.15, 0.2) is 0 Å². The van der Waals surface area contributed by atoms with E-state index >= 15 is 0 Å². The summed E-state index contributed by atoms with van der Waals surface area (Å²) >= 11 is 1.80. The molecule has 0 radical (unpaired) electrons. The quantitative estimate of drug-likeness (QED) is 0.441. The van der Waals surface area contributed by atoms with Crippen LogP contribution in [0.5, 0.6) is 0 Å². The number of hydrogen-bond donors (Lipinski definition) is 3. The summed E-state index contributed by atoms with van der Waals surface area (Å²) in [6, 6.07) is 0. The highest BCUT2D eigenvalue weighted by atomic mass is 32.2. The molecule has 0 bridgehead atoms. The van der Waals surface area contributed by atoms with Gasteiger partial charge in [-0.25, -0.2) is 0 Å². The fourth-order valence-corrected chi connectivity index (χ4v) is 1.57. The van der Waals surface area contributed by atoms with Crippen LogP contribution in [0.25, 0.3) is 0 Å². The van der Waals surface area contributed by atoms with Gasteiger partial charge in [0.25, 0.3) is 0 Å². The maximum atomic E-state index is 8.41. The second-order valence-electron chi connectivity index (χ2n) is 1.83. The summed E-state index contributed by atoms with van der Waals surface area (Å²) in [4.78, 5) is 0. The van der Waals surface area contributed by atoms with Crippen LogP contribution in [0.4, 0.5) is 0 Å². The van der Waals surface area contributed by atoms with Crippen LogP contribution in [0, 0.1) is 0 Å². The second kappa shape index (κ2) is 2.68. The molecule has 2 atom stereocenters. The molecule has 0 amide bonds. The Kier molecular flexibility index (Phi) is 2.13. The van der Waals surface area contributed by atoms with E-state index in [9.17, 15) is 0 Å². The Bertz CT molecular complexity index is 80.4. The molecule has 0 saturated carbocycles. The van der Waals surface area contributed by atoms with E-state index in [4.69, 9.17) is 5.21 Å². The SMILES string of the molecule is CC1SCNC1NO. The lowest BCUT2D eigenvalue weighted by atomic mass is 10.4. The van der Waals surface area contributed by atoms with Gasteiger partial charge in [0.2, 0.25) is 0 Å². The van der Waals surface area contributed by atoms with E-state index in [1.807, 2.05) is 0 Å². The summed E-state index contributed by atoms with van der Waals surface area (Å²) in [5.74, 6) is 0.930. The number of thioether (sulfide) groups is 1. The molecule has 1 aliphatic rings.